The predicted molar refractivity (Wildman–Crippen MR) is 71.8 cm³/mol. The van der Waals surface area contributed by atoms with Gasteiger partial charge in [0.15, 0.2) is 9.84 Å². The second-order valence-electron chi connectivity index (χ2n) is 3.90. The van der Waals surface area contributed by atoms with Crippen molar-refractivity contribution >= 4 is 15.5 Å². The van der Waals surface area contributed by atoms with E-state index in [0.717, 1.165) is 0 Å². The summed E-state index contributed by atoms with van der Waals surface area (Å²) in [6.07, 6.45) is 0.615. The number of hydrogen-bond acceptors (Lipinski definition) is 5. The standard InChI is InChI=1S/C12H19NO4S/c1-3-7-18(14,15)8-6-17-12-9-10(16-2)4-5-11(12)13/h4-5,9H,3,6-8,13H2,1-2H3. The fourth-order valence-corrected chi connectivity index (χ4v) is 2.62. The molecule has 0 heterocycles. The van der Waals surface area contributed by atoms with Gasteiger partial charge in [-0.15, -0.1) is 0 Å². The molecule has 0 amide bonds. The minimum Gasteiger partial charge on any atom is -0.497 e. The lowest BCUT2D eigenvalue weighted by molar-refractivity contribution is 0.338. The van der Waals surface area contributed by atoms with Crippen molar-refractivity contribution in [2.75, 3.05) is 31.0 Å². The lowest BCUT2D eigenvalue weighted by atomic mass is 10.3. The number of benzene rings is 1. The molecule has 6 heteroatoms. The highest BCUT2D eigenvalue weighted by atomic mass is 32.2. The van der Waals surface area contributed by atoms with Crippen LogP contribution in [-0.2, 0) is 9.84 Å². The third kappa shape index (κ3) is 4.44. The smallest absolute Gasteiger partial charge is 0.153 e. The van der Waals surface area contributed by atoms with Crippen LogP contribution in [0.1, 0.15) is 13.3 Å². The normalized spacial score (nSPS) is 11.2. The summed E-state index contributed by atoms with van der Waals surface area (Å²) in [6, 6.07) is 5.02. The zero-order valence-corrected chi connectivity index (χ0v) is 11.5. The highest BCUT2D eigenvalue weighted by Gasteiger charge is 2.10. The van der Waals surface area contributed by atoms with Gasteiger partial charge in [-0.3, -0.25) is 0 Å². The zero-order chi connectivity index (χ0) is 13.6. The molecule has 5 nitrogen and oxygen atoms in total. The van der Waals surface area contributed by atoms with Crippen molar-refractivity contribution in [1.82, 2.24) is 0 Å². The molecule has 0 aliphatic carbocycles. The van der Waals surface area contributed by atoms with Crippen molar-refractivity contribution in [2.45, 2.75) is 13.3 Å². The molecule has 0 aliphatic heterocycles. The Labute approximate surface area is 108 Å². The number of sulfone groups is 1. The Bertz CT molecular complexity index is 485. The number of rotatable bonds is 7. The second-order valence-corrected chi connectivity index (χ2v) is 6.21. The highest BCUT2D eigenvalue weighted by Crippen LogP contribution is 2.26. The molecule has 18 heavy (non-hydrogen) atoms. The fraction of sp³-hybridized carbons (Fsp3) is 0.500. The SMILES string of the molecule is CCCS(=O)(=O)CCOc1cc(OC)ccc1N. The molecule has 102 valence electrons. The van der Waals surface area contributed by atoms with Crippen LogP contribution in [0.3, 0.4) is 0 Å². The number of nitrogen functional groups attached to an aromatic ring is 1. The molecular formula is C12H19NO4S. The summed E-state index contributed by atoms with van der Waals surface area (Å²) in [5, 5.41) is 0. The van der Waals surface area contributed by atoms with Gasteiger partial charge in [0, 0.05) is 6.07 Å². The number of anilines is 1. The molecule has 2 N–H and O–H groups in total. The summed E-state index contributed by atoms with van der Waals surface area (Å²) in [7, 11) is -1.48. The third-order valence-electron chi connectivity index (χ3n) is 2.39. The van der Waals surface area contributed by atoms with Gasteiger partial charge in [-0.1, -0.05) is 6.92 Å². The number of ether oxygens (including phenoxy) is 2. The highest BCUT2D eigenvalue weighted by molar-refractivity contribution is 7.91. The number of methoxy groups -OCH3 is 1. The molecule has 0 aromatic heterocycles. The van der Waals surface area contributed by atoms with E-state index in [1.165, 1.54) is 0 Å². The number of hydrogen-bond donors (Lipinski definition) is 1. The molecule has 1 aromatic carbocycles. The van der Waals surface area contributed by atoms with Crippen molar-refractivity contribution in [3.63, 3.8) is 0 Å². The molecule has 0 bridgehead atoms. The van der Waals surface area contributed by atoms with E-state index in [2.05, 4.69) is 0 Å². The van der Waals surface area contributed by atoms with Crippen LogP contribution in [0.2, 0.25) is 0 Å². The maximum Gasteiger partial charge on any atom is 0.153 e. The Morgan fingerprint density at radius 1 is 1.28 bits per heavy atom. The van der Waals surface area contributed by atoms with Crippen LogP contribution in [0, 0.1) is 0 Å². The van der Waals surface area contributed by atoms with E-state index in [1.54, 1.807) is 25.3 Å². The Morgan fingerprint density at radius 2 is 2.00 bits per heavy atom. The molecule has 0 spiro atoms. The molecule has 0 atom stereocenters. The Hall–Kier alpha value is -1.43. The molecule has 1 rings (SSSR count). The predicted octanol–water partition coefficient (Wildman–Crippen LogP) is 1.48. The summed E-state index contributed by atoms with van der Waals surface area (Å²) >= 11 is 0. The Balaban J connectivity index is 2.58. The van der Waals surface area contributed by atoms with Gasteiger partial charge >= 0.3 is 0 Å². The summed E-state index contributed by atoms with van der Waals surface area (Å²) < 4.78 is 33.4. The van der Waals surface area contributed by atoms with Crippen LogP contribution in [0.5, 0.6) is 11.5 Å². The lowest BCUT2D eigenvalue weighted by Gasteiger charge is -2.10. The average Bonchev–Trinajstić information content (AvgIpc) is 2.31. The minimum absolute atomic E-state index is 0.00249. The van der Waals surface area contributed by atoms with E-state index in [9.17, 15) is 8.42 Å². The first-order valence-corrected chi connectivity index (χ1v) is 7.57. The second kappa shape index (κ2) is 6.49. The van der Waals surface area contributed by atoms with E-state index >= 15 is 0 Å². The molecule has 1 aromatic rings. The summed E-state index contributed by atoms with van der Waals surface area (Å²) in [6.45, 7) is 1.93. The van der Waals surface area contributed by atoms with E-state index < -0.39 is 9.84 Å². The molecule has 0 fully saturated rings. The minimum atomic E-state index is -3.03. The monoisotopic (exact) mass is 273 g/mol. The van der Waals surface area contributed by atoms with Gasteiger partial charge in [-0.05, 0) is 18.6 Å². The molecule has 0 radical (unpaired) electrons. The Morgan fingerprint density at radius 3 is 2.61 bits per heavy atom. The lowest BCUT2D eigenvalue weighted by Crippen LogP contribution is -2.17. The van der Waals surface area contributed by atoms with Crippen LogP contribution in [0.4, 0.5) is 5.69 Å². The largest absolute Gasteiger partial charge is 0.497 e. The quantitative estimate of drug-likeness (QED) is 0.761. The first kappa shape index (κ1) is 14.6. The van der Waals surface area contributed by atoms with Crippen LogP contribution in [0.25, 0.3) is 0 Å². The van der Waals surface area contributed by atoms with Crippen LogP contribution < -0.4 is 15.2 Å². The van der Waals surface area contributed by atoms with Crippen molar-refractivity contribution in [2.24, 2.45) is 0 Å². The maximum absolute atomic E-state index is 11.5. The first-order valence-electron chi connectivity index (χ1n) is 5.75. The van der Waals surface area contributed by atoms with Gasteiger partial charge in [0.2, 0.25) is 0 Å². The number of nitrogens with two attached hydrogens (primary N) is 1. The fourth-order valence-electron chi connectivity index (χ4n) is 1.46. The van der Waals surface area contributed by atoms with Crippen LogP contribution >= 0.6 is 0 Å². The van der Waals surface area contributed by atoms with E-state index in [-0.39, 0.29) is 18.1 Å². The van der Waals surface area contributed by atoms with Gasteiger partial charge in [-0.2, -0.15) is 0 Å². The molecule has 0 aliphatic rings. The van der Waals surface area contributed by atoms with Crippen molar-refractivity contribution in [3.05, 3.63) is 18.2 Å². The molecule has 0 unspecified atom stereocenters. The average molecular weight is 273 g/mol. The van der Waals surface area contributed by atoms with E-state index in [4.69, 9.17) is 15.2 Å². The summed E-state index contributed by atoms with van der Waals surface area (Å²) in [5.41, 5.74) is 6.18. The Kier molecular flexibility index (Phi) is 5.27. The third-order valence-corrected chi connectivity index (χ3v) is 4.21. The maximum atomic E-state index is 11.5. The van der Waals surface area contributed by atoms with Crippen molar-refractivity contribution in [3.8, 4) is 11.5 Å². The zero-order valence-electron chi connectivity index (χ0n) is 10.7. The van der Waals surface area contributed by atoms with Gasteiger partial charge < -0.3 is 15.2 Å². The summed E-state index contributed by atoms with van der Waals surface area (Å²) in [5.74, 6) is 1.25. The molecule has 0 saturated heterocycles. The van der Waals surface area contributed by atoms with Crippen LogP contribution in [-0.4, -0.2) is 33.6 Å². The van der Waals surface area contributed by atoms with Crippen molar-refractivity contribution < 1.29 is 17.9 Å². The molecule has 0 saturated carbocycles. The first-order chi connectivity index (χ1) is 8.48. The van der Waals surface area contributed by atoms with Gasteiger partial charge in [-0.25, -0.2) is 8.42 Å². The van der Waals surface area contributed by atoms with Crippen molar-refractivity contribution in [1.29, 1.82) is 0 Å². The topological polar surface area (TPSA) is 78.6 Å². The molecular weight excluding hydrogens is 254 g/mol. The van der Waals surface area contributed by atoms with Crippen LogP contribution in [0.15, 0.2) is 18.2 Å². The summed E-state index contributed by atoms with van der Waals surface area (Å²) in [4.78, 5) is 0. The van der Waals surface area contributed by atoms with Gasteiger partial charge in [0.05, 0.1) is 24.3 Å². The van der Waals surface area contributed by atoms with E-state index in [1.807, 2.05) is 6.92 Å². The van der Waals surface area contributed by atoms with Gasteiger partial charge in [0.25, 0.3) is 0 Å². The van der Waals surface area contributed by atoms with E-state index in [0.29, 0.717) is 23.6 Å². The van der Waals surface area contributed by atoms with Gasteiger partial charge in [0.1, 0.15) is 18.1 Å².